The van der Waals surface area contributed by atoms with Crippen molar-refractivity contribution in [3.8, 4) is 11.5 Å². The molecule has 1 aliphatic carbocycles. The van der Waals surface area contributed by atoms with Gasteiger partial charge in [0.15, 0.2) is 0 Å². The second kappa shape index (κ2) is 5.06. The molecule has 0 saturated heterocycles. The van der Waals surface area contributed by atoms with Crippen molar-refractivity contribution in [2.24, 2.45) is 5.92 Å². The van der Waals surface area contributed by atoms with Gasteiger partial charge in [-0.3, -0.25) is 0 Å². The standard InChI is InChI=1S/C18H17NO2S/c1-10-7-8-13-14(9-10)22-17-15(13)18(20)21-16(19-17)12-6-4-3-5-11(12)2/h3-6,10H,7-9H2,1-2H3/t10-/m1/s1. The molecule has 0 saturated carbocycles. The summed E-state index contributed by atoms with van der Waals surface area (Å²) >= 11 is 1.66. The highest BCUT2D eigenvalue weighted by Crippen LogP contribution is 2.36. The number of fused-ring (bicyclic) bond motifs is 3. The summed E-state index contributed by atoms with van der Waals surface area (Å²) in [5.74, 6) is 1.12. The Morgan fingerprint density at radius 1 is 1.32 bits per heavy atom. The Morgan fingerprint density at radius 2 is 2.14 bits per heavy atom. The molecule has 0 N–H and O–H groups in total. The number of nitrogens with zero attached hydrogens (tertiary/aromatic N) is 1. The van der Waals surface area contributed by atoms with Gasteiger partial charge in [0.25, 0.3) is 0 Å². The predicted octanol–water partition coefficient (Wildman–Crippen LogP) is 4.35. The van der Waals surface area contributed by atoms with E-state index in [2.05, 4.69) is 11.9 Å². The SMILES string of the molecule is Cc1ccccc1-c1nc2sc3c(c2c(=O)o1)CC[C@@H](C)C3. The minimum atomic E-state index is -0.240. The van der Waals surface area contributed by atoms with Crippen molar-refractivity contribution in [1.29, 1.82) is 0 Å². The first-order valence-corrected chi connectivity index (χ1v) is 8.46. The summed E-state index contributed by atoms with van der Waals surface area (Å²) < 4.78 is 5.55. The van der Waals surface area contributed by atoms with Crippen LogP contribution in [-0.4, -0.2) is 4.98 Å². The summed E-state index contributed by atoms with van der Waals surface area (Å²) in [5, 5.41) is 0.712. The molecule has 3 aromatic rings. The van der Waals surface area contributed by atoms with Crippen LogP contribution >= 0.6 is 11.3 Å². The minimum absolute atomic E-state index is 0.240. The van der Waals surface area contributed by atoms with E-state index in [0.29, 0.717) is 17.2 Å². The van der Waals surface area contributed by atoms with Gasteiger partial charge in [-0.1, -0.05) is 25.1 Å². The first-order chi connectivity index (χ1) is 10.6. The molecule has 0 bridgehead atoms. The first-order valence-electron chi connectivity index (χ1n) is 7.65. The quantitative estimate of drug-likeness (QED) is 0.671. The Labute approximate surface area is 132 Å². The maximum atomic E-state index is 12.5. The zero-order valence-electron chi connectivity index (χ0n) is 12.7. The van der Waals surface area contributed by atoms with E-state index >= 15 is 0 Å². The number of benzene rings is 1. The van der Waals surface area contributed by atoms with Gasteiger partial charge in [0.2, 0.25) is 5.89 Å². The Bertz CT molecular complexity index is 922. The average molecular weight is 311 g/mol. The van der Waals surface area contributed by atoms with Gasteiger partial charge < -0.3 is 4.42 Å². The smallest absolute Gasteiger partial charge is 0.348 e. The lowest BCUT2D eigenvalue weighted by molar-refractivity contribution is 0.503. The summed E-state index contributed by atoms with van der Waals surface area (Å²) in [6.07, 6.45) is 3.15. The molecular weight excluding hydrogens is 294 g/mol. The molecule has 0 radical (unpaired) electrons. The third-order valence-corrected chi connectivity index (χ3v) is 5.61. The van der Waals surface area contributed by atoms with Crippen LogP contribution in [0.4, 0.5) is 0 Å². The lowest BCUT2D eigenvalue weighted by Gasteiger charge is -2.17. The highest BCUT2D eigenvalue weighted by molar-refractivity contribution is 7.18. The van der Waals surface area contributed by atoms with Crippen LogP contribution in [0.3, 0.4) is 0 Å². The van der Waals surface area contributed by atoms with Crippen LogP contribution in [0.5, 0.6) is 0 Å². The Balaban J connectivity index is 1.95. The summed E-state index contributed by atoms with van der Waals surface area (Å²) in [7, 11) is 0. The number of thiophene rings is 1. The lowest BCUT2D eigenvalue weighted by Crippen LogP contribution is -2.11. The highest BCUT2D eigenvalue weighted by Gasteiger charge is 2.24. The van der Waals surface area contributed by atoms with Crippen molar-refractivity contribution in [3.63, 3.8) is 0 Å². The molecule has 22 heavy (non-hydrogen) atoms. The molecule has 3 nitrogen and oxygen atoms in total. The Hall–Kier alpha value is -1.94. The third kappa shape index (κ3) is 2.10. The molecule has 0 spiro atoms. The van der Waals surface area contributed by atoms with Gasteiger partial charge in [0.05, 0.1) is 0 Å². The largest absolute Gasteiger partial charge is 0.403 e. The van der Waals surface area contributed by atoms with E-state index in [4.69, 9.17) is 4.42 Å². The molecule has 0 fully saturated rings. The van der Waals surface area contributed by atoms with E-state index < -0.39 is 0 Å². The van der Waals surface area contributed by atoms with Gasteiger partial charge in [0, 0.05) is 10.4 Å². The maximum Gasteiger partial charge on any atom is 0.348 e. The van der Waals surface area contributed by atoms with Crippen LogP contribution in [0.1, 0.15) is 29.3 Å². The molecule has 2 heterocycles. The Morgan fingerprint density at radius 3 is 2.95 bits per heavy atom. The number of aryl methyl sites for hydroxylation is 2. The molecule has 0 amide bonds. The van der Waals surface area contributed by atoms with Gasteiger partial charge in [-0.25, -0.2) is 9.78 Å². The summed E-state index contributed by atoms with van der Waals surface area (Å²) in [5.41, 5.74) is 2.89. The van der Waals surface area contributed by atoms with Crippen molar-refractivity contribution < 1.29 is 4.42 Å². The van der Waals surface area contributed by atoms with E-state index in [9.17, 15) is 4.79 Å². The second-order valence-corrected chi connectivity index (χ2v) is 7.24. The molecule has 0 unspecified atom stereocenters. The first kappa shape index (κ1) is 13.7. The van der Waals surface area contributed by atoms with Crippen LogP contribution < -0.4 is 5.63 Å². The lowest BCUT2D eigenvalue weighted by atomic mass is 9.89. The van der Waals surface area contributed by atoms with Crippen molar-refractivity contribution >= 4 is 21.6 Å². The summed E-state index contributed by atoms with van der Waals surface area (Å²) in [4.78, 5) is 19.3. The summed E-state index contributed by atoms with van der Waals surface area (Å²) in [6, 6.07) is 7.86. The van der Waals surface area contributed by atoms with Crippen LogP contribution in [0.15, 0.2) is 33.5 Å². The molecule has 112 valence electrons. The number of rotatable bonds is 1. The van der Waals surface area contributed by atoms with Gasteiger partial charge in [0.1, 0.15) is 10.2 Å². The number of aromatic nitrogens is 1. The van der Waals surface area contributed by atoms with Crippen LogP contribution in [0.2, 0.25) is 0 Å². The Kier molecular flexibility index (Phi) is 3.15. The fraction of sp³-hybridized carbons (Fsp3) is 0.333. The van der Waals surface area contributed by atoms with Crippen molar-refractivity contribution in [3.05, 3.63) is 50.7 Å². The fourth-order valence-electron chi connectivity index (χ4n) is 3.21. The molecule has 1 atom stereocenters. The number of hydrogen-bond donors (Lipinski definition) is 0. The van der Waals surface area contributed by atoms with E-state index in [0.717, 1.165) is 35.2 Å². The molecule has 2 aromatic heterocycles. The predicted molar refractivity (Wildman–Crippen MR) is 89.5 cm³/mol. The fourth-order valence-corrected chi connectivity index (χ4v) is 4.57. The van der Waals surface area contributed by atoms with Crippen LogP contribution in [0.25, 0.3) is 21.7 Å². The molecular formula is C18H17NO2S. The topological polar surface area (TPSA) is 43.1 Å². The molecule has 1 aromatic carbocycles. The van der Waals surface area contributed by atoms with Gasteiger partial charge in [-0.15, -0.1) is 11.3 Å². The highest BCUT2D eigenvalue weighted by atomic mass is 32.1. The van der Waals surface area contributed by atoms with Crippen molar-refractivity contribution in [2.45, 2.75) is 33.1 Å². The molecule has 4 heteroatoms. The maximum absolute atomic E-state index is 12.5. The van der Waals surface area contributed by atoms with Gasteiger partial charge >= 0.3 is 5.63 Å². The molecule has 4 rings (SSSR count). The van der Waals surface area contributed by atoms with Crippen LogP contribution in [-0.2, 0) is 12.8 Å². The number of hydrogen-bond acceptors (Lipinski definition) is 4. The van der Waals surface area contributed by atoms with Gasteiger partial charge in [-0.05, 0) is 49.3 Å². The van der Waals surface area contributed by atoms with Crippen LogP contribution in [0, 0.1) is 12.8 Å². The van der Waals surface area contributed by atoms with E-state index in [1.165, 1.54) is 10.4 Å². The monoisotopic (exact) mass is 311 g/mol. The van der Waals surface area contributed by atoms with E-state index in [-0.39, 0.29) is 5.63 Å². The zero-order valence-corrected chi connectivity index (χ0v) is 13.5. The van der Waals surface area contributed by atoms with E-state index in [1.807, 2.05) is 31.2 Å². The molecule has 1 aliphatic rings. The van der Waals surface area contributed by atoms with Crippen molar-refractivity contribution in [2.75, 3.05) is 0 Å². The normalized spacial score (nSPS) is 17.6. The summed E-state index contributed by atoms with van der Waals surface area (Å²) in [6.45, 7) is 4.27. The van der Waals surface area contributed by atoms with Gasteiger partial charge in [-0.2, -0.15) is 0 Å². The minimum Gasteiger partial charge on any atom is -0.403 e. The average Bonchev–Trinajstić information content (AvgIpc) is 2.85. The third-order valence-electron chi connectivity index (χ3n) is 4.47. The van der Waals surface area contributed by atoms with Crippen molar-refractivity contribution in [1.82, 2.24) is 4.98 Å². The van der Waals surface area contributed by atoms with E-state index in [1.54, 1.807) is 11.3 Å². The second-order valence-electron chi connectivity index (χ2n) is 6.15. The zero-order chi connectivity index (χ0) is 15.3. The molecule has 0 aliphatic heterocycles.